The third kappa shape index (κ3) is 4.24. The summed E-state index contributed by atoms with van der Waals surface area (Å²) in [5.74, 6) is 0.0724. The Labute approximate surface area is 178 Å². The molecule has 0 bridgehead atoms. The number of carbonyl (C=O) groups is 1. The van der Waals surface area contributed by atoms with E-state index in [0.29, 0.717) is 48.4 Å². The van der Waals surface area contributed by atoms with Crippen LogP contribution >= 0.6 is 11.6 Å². The number of fused-ring (bicyclic) bond motifs is 1. The van der Waals surface area contributed by atoms with Gasteiger partial charge in [0.1, 0.15) is 0 Å². The van der Waals surface area contributed by atoms with Crippen LogP contribution < -0.4 is 11.2 Å². The van der Waals surface area contributed by atoms with Gasteiger partial charge in [-0.3, -0.25) is 19.1 Å². The molecule has 0 atom stereocenters. The van der Waals surface area contributed by atoms with Gasteiger partial charge in [-0.2, -0.15) is 0 Å². The molecule has 0 radical (unpaired) electrons. The van der Waals surface area contributed by atoms with Crippen molar-refractivity contribution in [1.82, 2.24) is 14.5 Å². The van der Waals surface area contributed by atoms with E-state index in [0.717, 1.165) is 6.42 Å². The Hall–Kier alpha value is -3.12. The van der Waals surface area contributed by atoms with Crippen LogP contribution in [0.2, 0.25) is 5.02 Å². The van der Waals surface area contributed by atoms with E-state index in [4.69, 9.17) is 11.6 Å². The van der Waals surface area contributed by atoms with Crippen LogP contribution in [-0.2, 0) is 11.3 Å². The Morgan fingerprint density at radius 2 is 1.90 bits per heavy atom. The van der Waals surface area contributed by atoms with Crippen molar-refractivity contribution >= 4 is 34.0 Å². The molecule has 2 heterocycles. The summed E-state index contributed by atoms with van der Waals surface area (Å²) in [5, 5.41) is 0.796. The molecule has 0 unspecified atom stereocenters. The fourth-order valence-electron chi connectivity index (χ4n) is 3.85. The molecule has 0 saturated heterocycles. The van der Waals surface area contributed by atoms with Crippen LogP contribution in [0.5, 0.6) is 0 Å². The molecule has 0 spiro atoms. The van der Waals surface area contributed by atoms with E-state index in [1.54, 1.807) is 18.2 Å². The van der Waals surface area contributed by atoms with Crippen molar-refractivity contribution in [2.24, 2.45) is 0 Å². The summed E-state index contributed by atoms with van der Waals surface area (Å²) in [7, 11) is 0. The lowest BCUT2D eigenvalue weighted by atomic mass is 9.99. The van der Waals surface area contributed by atoms with Crippen molar-refractivity contribution in [3.63, 3.8) is 0 Å². The molecule has 3 aromatic rings. The van der Waals surface area contributed by atoms with E-state index in [2.05, 4.69) is 23.2 Å². The molecule has 0 aliphatic carbocycles. The van der Waals surface area contributed by atoms with Crippen LogP contribution in [0.25, 0.3) is 16.5 Å². The summed E-state index contributed by atoms with van der Waals surface area (Å²) in [4.78, 5) is 41.1. The van der Waals surface area contributed by atoms with Crippen molar-refractivity contribution in [1.29, 1.82) is 0 Å². The molecule has 1 aromatic heterocycles. The van der Waals surface area contributed by atoms with Crippen molar-refractivity contribution in [3.8, 4) is 0 Å². The highest BCUT2D eigenvalue weighted by Crippen LogP contribution is 2.22. The number of carbonyl (C=O) groups excluding carboxylic acids is 1. The largest absolute Gasteiger partial charge is 0.339 e. The van der Waals surface area contributed by atoms with Gasteiger partial charge in [0.05, 0.1) is 10.9 Å². The van der Waals surface area contributed by atoms with Gasteiger partial charge in [0.15, 0.2) is 0 Å². The standard InChI is InChI=1S/C23H22ClN3O3/c24-18-8-9-20-19(15-18)22(29)25-23(30)27(20)12-4-7-21(28)26-13-10-17(11-14-26)16-5-2-1-3-6-16/h1-3,5-6,8-10,15H,4,7,11-14H2,(H,25,29,30). The molecule has 2 aromatic carbocycles. The predicted molar refractivity (Wildman–Crippen MR) is 119 cm³/mol. The highest BCUT2D eigenvalue weighted by molar-refractivity contribution is 6.31. The van der Waals surface area contributed by atoms with Crippen molar-refractivity contribution in [2.45, 2.75) is 25.8 Å². The van der Waals surface area contributed by atoms with Crippen LogP contribution in [0, 0.1) is 0 Å². The Morgan fingerprint density at radius 3 is 2.63 bits per heavy atom. The van der Waals surface area contributed by atoms with E-state index in [9.17, 15) is 14.4 Å². The zero-order valence-corrected chi connectivity index (χ0v) is 17.2. The third-order valence-electron chi connectivity index (χ3n) is 5.44. The Balaban J connectivity index is 1.40. The molecule has 0 saturated carbocycles. The van der Waals surface area contributed by atoms with Gasteiger partial charge in [-0.25, -0.2) is 4.79 Å². The highest BCUT2D eigenvalue weighted by atomic mass is 35.5. The van der Waals surface area contributed by atoms with E-state index < -0.39 is 11.2 Å². The average Bonchev–Trinajstić information content (AvgIpc) is 2.77. The highest BCUT2D eigenvalue weighted by Gasteiger charge is 2.18. The first-order valence-electron chi connectivity index (χ1n) is 9.97. The molecule has 154 valence electrons. The lowest BCUT2D eigenvalue weighted by Gasteiger charge is -2.27. The van der Waals surface area contributed by atoms with Crippen LogP contribution in [-0.4, -0.2) is 33.4 Å². The Bertz CT molecular complexity index is 1230. The van der Waals surface area contributed by atoms with Gasteiger partial charge in [0, 0.05) is 31.1 Å². The predicted octanol–water partition coefficient (Wildman–Crippen LogP) is 3.44. The first-order chi connectivity index (χ1) is 14.5. The summed E-state index contributed by atoms with van der Waals surface area (Å²) in [5.41, 5.74) is 2.06. The van der Waals surface area contributed by atoms with Gasteiger partial charge >= 0.3 is 5.69 Å². The van der Waals surface area contributed by atoms with Gasteiger partial charge < -0.3 is 4.90 Å². The molecule has 7 heteroatoms. The van der Waals surface area contributed by atoms with Gasteiger partial charge in [-0.1, -0.05) is 48.0 Å². The maximum Gasteiger partial charge on any atom is 0.328 e. The second-order valence-electron chi connectivity index (χ2n) is 7.36. The van der Waals surface area contributed by atoms with Gasteiger partial charge in [0.2, 0.25) is 5.91 Å². The van der Waals surface area contributed by atoms with Crippen molar-refractivity contribution in [3.05, 3.63) is 86.0 Å². The molecule has 1 amide bonds. The van der Waals surface area contributed by atoms with E-state index in [1.807, 2.05) is 23.1 Å². The van der Waals surface area contributed by atoms with Gasteiger partial charge in [-0.15, -0.1) is 0 Å². The van der Waals surface area contributed by atoms with E-state index in [-0.39, 0.29) is 5.91 Å². The number of aromatic amines is 1. The number of H-pyrrole nitrogens is 1. The monoisotopic (exact) mass is 423 g/mol. The molecule has 0 fully saturated rings. The third-order valence-corrected chi connectivity index (χ3v) is 5.67. The average molecular weight is 424 g/mol. The molecule has 30 heavy (non-hydrogen) atoms. The topological polar surface area (TPSA) is 75.2 Å². The number of hydrogen-bond donors (Lipinski definition) is 1. The summed E-state index contributed by atoms with van der Waals surface area (Å²) in [6.07, 6.45) is 3.80. The second-order valence-corrected chi connectivity index (χ2v) is 7.80. The number of nitrogens with one attached hydrogen (secondary N) is 1. The lowest BCUT2D eigenvalue weighted by molar-refractivity contribution is -0.130. The van der Waals surface area contributed by atoms with Crippen LogP contribution in [0.1, 0.15) is 24.8 Å². The Morgan fingerprint density at radius 1 is 1.10 bits per heavy atom. The number of amides is 1. The molecule has 4 rings (SSSR count). The number of rotatable bonds is 5. The zero-order valence-electron chi connectivity index (χ0n) is 16.4. The van der Waals surface area contributed by atoms with E-state index >= 15 is 0 Å². The lowest BCUT2D eigenvalue weighted by Crippen LogP contribution is -2.35. The SMILES string of the molecule is O=C(CCCn1c(=O)[nH]c(=O)c2cc(Cl)ccc21)N1CC=C(c2ccccc2)CC1. The molecule has 1 N–H and O–H groups in total. The number of benzene rings is 2. The molecule has 1 aliphatic rings. The molecule has 6 nitrogen and oxygen atoms in total. The van der Waals surface area contributed by atoms with Crippen molar-refractivity contribution < 1.29 is 4.79 Å². The van der Waals surface area contributed by atoms with Crippen LogP contribution in [0.3, 0.4) is 0 Å². The minimum Gasteiger partial charge on any atom is -0.339 e. The van der Waals surface area contributed by atoms with Gasteiger partial charge in [-0.05, 0) is 42.2 Å². The smallest absolute Gasteiger partial charge is 0.328 e. The molecular weight excluding hydrogens is 402 g/mol. The summed E-state index contributed by atoms with van der Waals surface area (Å²) < 4.78 is 1.49. The van der Waals surface area contributed by atoms with E-state index in [1.165, 1.54) is 15.7 Å². The normalized spacial score (nSPS) is 14.0. The molecular formula is C23H22ClN3O3. The first kappa shape index (κ1) is 20.2. The first-order valence-corrected chi connectivity index (χ1v) is 10.4. The van der Waals surface area contributed by atoms with Crippen LogP contribution in [0.15, 0.2) is 64.2 Å². The zero-order chi connectivity index (χ0) is 21.1. The summed E-state index contributed by atoms with van der Waals surface area (Å²) >= 11 is 5.97. The number of halogens is 1. The fourth-order valence-corrected chi connectivity index (χ4v) is 4.02. The maximum absolute atomic E-state index is 12.6. The minimum atomic E-state index is -0.476. The Kier molecular flexibility index (Phi) is 5.86. The number of aryl methyl sites for hydroxylation is 1. The second kappa shape index (κ2) is 8.71. The quantitative estimate of drug-likeness (QED) is 0.683. The molecule has 1 aliphatic heterocycles. The number of aromatic nitrogens is 2. The summed E-state index contributed by atoms with van der Waals surface area (Å²) in [6.45, 7) is 1.64. The summed E-state index contributed by atoms with van der Waals surface area (Å²) in [6, 6.07) is 15.1. The van der Waals surface area contributed by atoms with Gasteiger partial charge in [0.25, 0.3) is 5.56 Å². The number of hydrogen-bond acceptors (Lipinski definition) is 3. The van der Waals surface area contributed by atoms with Crippen LogP contribution in [0.4, 0.5) is 0 Å². The van der Waals surface area contributed by atoms with Crippen molar-refractivity contribution in [2.75, 3.05) is 13.1 Å². The fraction of sp³-hybridized carbons (Fsp3) is 0.261. The number of nitrogens with zero attached hydrogens (tertiary/aromatic N) is 2. The minimum absolute atomic E-state index is 0.0724. The maximum atomic E-state index is 12.6.